The van der Waals surface area contributed by atoms with Crippen molar-refractivity contribution in [3.8, 4) is 0 Å². The molecule has 1 aliphatic rings. The van der Waals surface area contributed by atoms with Crippen molar-refractivity contribution >= 4 is 5.91 Å². The van der Waals surface area contributed by atoms with Gasteiger partial charge in [-0.25, -0.2) is 8.78 Å². The molecule has 3 nitrogen and oxygen atoms in total. The zero-order valence-electron chi connectivity index (χ0n) is 13.9. The van der Waals surface area contributed by atoms with Gasteiger partial charge in [-0.2, -0.15) is 0 Å². The number of aliphatic hydroxyl groups is 1. The number of carbonyl (C=O) groups is 1. The molecular formula is C20H21F2NO2. The van der Waals surface area contributed by atoms with Crippen LogP contribution in [0.15, 0.2) is 48.5 Å². The van der Waals surface area contributed by atoms with Crippen LogP contribution in [0.1, 0.15) is 28.8 Å². The summed E-state index contributed by atoms with van der Waals surface area (Å²) in [6.45, 7) is 0.872. The number of aliphatic hydroxyl groups excluding tert-OH is 1. The van der Waals surface area contributed by atoms with Crippen LogP contribution in [0.2, 0.25) is 0 Å². The van der Waals surface area contributed by atoms with Crippen LogP contribution in [-0.4, -0.2) is 35.1 Å². The fourth-order valence-electron chi connectivity index (χ4n) is 3.34. The maximum Gasteiger partial charge on any atom is 0.256 e. The fraction of sp³-hybridized carbons (Fsp3) is 0.350. The lowest BCUT2D eigenvalue weighted by Crippen LogP contribution is -2.42. The Morgan fingerprint density at radius 3 is 2.48 bits per heavy atom. The van der Waals surface area contributed by atoms with E-state index in [0.717, 1.165) is 23.8 Å². The molecule has 132 valence electrons. The maximum atomic E-state index is 13.8. The van der Waals surface area contributed by atoms with E-state index in [1.165, 1.54) is 4.90 Å². The summed E-state index contributed by atoms with van der Waals surface area (Å²) in [7, 11) is 0. The molecule has 5 heteroatoms. The number of piperidine rings is 1. The quantitative estimate of drug-likeness (QED) is 0.922. The Balaban J connectivity index is 1.58. The Morgan fingerprint density at radius 1 is 1.12 bits per heavy atom. The van der Waals surface area contributed by atoms with Crippen LogP contribution in [0.25, 0.3) is 0 Å². The first-order valence-corrected chi connectivity index (χ1v) is 8.51. The van der Waals surface area contributed by atoms with Gasteiger partial charge in [0.05, 0.1) is 11.7 Å². The number of rotatable bonds is 4. The van der Waals surface area contributed by atoms with E-state index < -0.39 is 23.6 Å². The van der Waals surface area contributed by atoms with Crippen LogP contribution >= 0.6 is 0 Å². The number of benzene rings is 2. The summed E-state index contributed by atoms with van der Waals surface area (Å²) >= 11 is 0. The topological polar surface area (TPSA) is 40.5 Å². The van der Waals surface area contributed by atoms with E-state index in [1.807, 2.05) is 30.3 Å². The monoisotopic (exact) mass is 345 g/mol. The van der Waals surface area contributed by atoms with Gasteiger partial charge in [-0.15, -0.1) is 0 Å². The summed E-state index contributed by atoms with van der Waals surface area (Å²) in [6, 6.07) is 12.7. The Labute approximate surface area is 145 Å². The Hall–Kier alpha value is -2.27. The van der Waals surface area contributed by atoms with Gasteiger partial charge in [-0.1, -0.05) is 30.3 Å². The van der Waals surface area contributed by atoms with E-state index in [-0.39, 0.29) is 11.5 Å². The average molecular weight is 345 g/mol. The molecule has 0 radical (unpaired) electrons. The van der Waals surface area contributed by atoms with Crippen LogP contribution in [0.3, 0.4) is 0 Å². The van der Waals surface area contributed by atoms with Gasteiger partial charge in [0.1, 0.15) is 11.6 Å². The molecule has 1 saturated heterocycles. The Bertz CT molecular complexity index is 728. The van der Waals surface area contributed by atoms with E-state index in [1.54, 1.807) is 0 Å². The third-order valence-corrected chi connectivity index (χ3v) is 4.82. The van der Waals surface area contributed by atoms with Crippen molar-refractivity contribution in [2.24, 2.45) is 5.92 Å². The summed E-state index contributed by atoms with van der Waals surface area (Å²) in [5, 5.41) is 10.4. The summed E-state index contributed by atoms with van der Waals surface area (Å²) in [5.74, 6) is -1.73. The molecule has 1 fully saturated rings. The zero-order chi connectivity index (χ0) is 17.8. The molecule has 1 amide bonds. The van der Waals surface area contributed by atoms with E-state index in [2.05, 4.69) is 0 Å². The molecule has 1 heterocycles. The molecule has 1 N–H and O–H groups in total. The average Bonchev–Trinajstić information content (AvgIpc) is 2.64. The second-order valence-electron chi connectivity index (χ2n) is 6.51. The third kappa shape index (κ3) is 4.23. The van der Waals surface area contributed by atoms with Crippen LogP contribution in [0.5, 0.6) is 0 Å². The molecule has 0 saturated carbocycles. The third-order valence-electron chi connectivity index (χ3n) is 4.82. The summed E-state index contributed by atoms with van der Waals surface area (Å²) < 4.78 is 27.0. The van der Waals surface area contributed by atoms with Crippen molar-refractivity contribution in [3.05, 3.63) is 71.3 Å². The molecule has 0 aromatic heterocycles. The largest absolute Gasteiger partial charge is 0.392 e. The Morgan fingerprint density at radius 2 is 1.80 bits per heavy atom. The molecule has 0 aliphatic carbocycles. The fourth-order valence-corrected chi connectivity index (χ4v) is 3.34. The normalized spacial score (nSPS) is 16.7. The van der Waals surface area contributed by atoms with Crippen molar-refractivity contribution in [2.45, 2.75) is 25.4 Å². The van der Waals surface area contributed by atoms with E-state index >= 15 is 0 Å². The van der Waals surface area contributed by atoms with Crippen molar-refractivity contribution in [3.63, 3.8) is 0 Å². The van der Waals surface area contributed by atoms with Gasteiger partial charge in [-0.3, -0.25) is 4.79 Å². The van der Waals surface area contributed by atoms with Crippen LogP contribution in [-0.2, 0) is 6.42 Å². The molecule has 0 spiro atoms. The van der Waals surface area contributed by atoms with Crippen LogP contribution in [0.4, 0.5) is 8.78 Å². The first kappa shape index (κ1) is 17.5. The summed E-state index contributed by atoms with van der Waals surface area (Å²) in [4.78, 5) is 13.9. The van der Waals surface area contributed by atoms with Gasteiger partial charge >= 0.3 is 0 Å². The molecule has 25 heavy (non-hydrogen) atoms. The van der Waals surface area contributed by atoms with Crippen LogP contribution in [0, 0.1) is 17.6 Å². The van der Waals surface area contributed by atoms with Crippen molar-refractivity contribution < 1.29 is 18.7 Å². The highest BCUT2D eigenvalue weighted by Gasteiger charge is 2.29. The first-order chi connectivity index (χ1) is 12.0. The number of likely N-dealkylation sites (tertiary alicyclic amines) is 1. The van der Waals surface area contributed by atoms with E-state index in [9.17, 15) is 18.7 Å². The lowest BCUT2D eigenvalue weighted by Gasteiger charge is -2.34. The number of hydrogen-bond acceptors (Lipinski definition) is 2. The van der Waals surface area contributed by atoms with Gasteiger partial charge in [0, 0.05) is 13.1 Å². The highest BCUT2D eigenvalue weighted by Crippen LogP contribution is 2.24. The highest BCUT2D eigenvalue weighted by atomic mass is 19.1. The molecule has 1 aliphatic heterocycles. The smallest absolute Gasteiger partial charge is 0.256 e. The number of amides is 1. The predicted octanol–water partition coefficient (Wildman–Crippen LogP) is 3.42. The first-order valence-electron chi connectivity index (χ1n) is 8.51. The number of hydrogen-bond donors (Lipinski definition) is 1. The number of nitrogens with zero attached hydrogens (tertiary/aromatic N) is 1. The molecule has 2 aromatic carbocycles. The summed E-state index contributed by atoms with van der Waals surface area (Å²) in [6.07, 6.45) is 1.41. The lowest BCUT2D eigenvalue weighted by molar-refractivity contribution is 0.0464. The van der Waals surface area contributed by atoms with Gasteiger partial charge in [0.25, 0.3) is 5.91 Å². The zero-order valence-corrected chi connectivity index (χ0v) is 13.9. The molecule has 1 unspecified atom stereocenters. The second kappa shape index (κ2) is 7.74. The standard InChI is InChI=1S/C20H21F2NO2/c21-16-6-7-18(22)17(13-16)20(25)23-10-8-15(9-11-23)19(24)12-14-4-2-1-3-5-14/h1-7,13,15,19,24H,8-12H2. The van der Waals surface area contributed by atoms with Crippen molar-refractivity contribution in [1.29, 1.82) is 0 Å². The minimum absolute atomic E-state index is 0.0987. The maximum absolute atomic E-state index is 13.8. The van der Waals surface area contributed by atoms with E-state index in [4.69, 9.17) is 0 Å². The highest BCUT2D eigenvalue weighted by molar-refractivity contribution is 5.94. The van der Waals surface area contributed by atoms with Gasteiger partial charge in [0.15, 0.2) is 0 Å². The lowest BCUT2D eigenvalue weighted by atomic mass is 9.87. The minimum atomic E-state index is -0.711. The second-order valence-corrected chi connectivity index (χ2v) is 6.51. The molecule has 2 aromatic rings. The van der Waals surface area contributed by atoms with Crippen molar-refractivity contribution in [2.75, 3.05) is 13.1 Å². The number of halogens is 2. The summed E-state index contributed by atoms with van der Waals surface area (Å²) in [5.41, 5.74) is 0.846. The molecule has 0 bridgehead atoms. The van der Waals surface area contributed by atoms with Gasteiger partial charge in [0.2, 0.25) is 0 Å². The minimum Gasteiger partial charge on any atom is -0.392 e. The predicted molar refractivity (Wildman–Crippen MR) is 91.1 cm³/mol. The van der Waals surface area contributed by atoms with Crippen LogP contribution < -0.4 is 0 Å². The SMILES string of the molecule is O=C(c1cc(F)ccc1F)N1CCC(C(O)Cc2ccccc2)CC1. The van der Waals surface area contributed by atoms with Gasteiger partial charge in [-0.05, 0) is 48.9 Å². The van der Waals surface area contributed by atoms with E-state index in [0.29, 0.717) is 32.4 Å². The number of carbonyl (C=O) groups excluding carboxylic acids is 1. The van der Waals surface area contributed by atoms with Gasteiger partial charge < -0.3 is 10.0 Å². The molecular weight excluding hydrogens is 324 g/mol. The van der Waals surface area contributed by atoms with Crippen molar-refractivity contribution in [1.82, 2.24) is 4.90 Å². The Kier molecular flexibility index (Phi) is 5.43. The molecule has 1 atom stereocenters. The molecule has 3 rings (SSSR count).